The molecular weight excluding hydrogens is 268 g/mol. The van der Waals surface area contributed by atoms with E-state index in [9.17, 15) is 14.7 Å². The number of ether oxygens (including phenoxy) is 3. The van der Waals surface area contributed by atoms with Crippen LogP contribution in [0.15, 0.2) is 0 Å². The number of rotatable bonds is 2. The Morgan fingerprint density at radius 3 is 2.70 bits per heavy atom. The molecule has 3 heterocycles. The fourth-order valence-corrected chi connectivity index (χ4v) is 2.83. The molecule has 8 heteroatoms. The summed E-state index contributed by atoms with van der Waals surface area (Å²) in [7, 11) is 0. The number of aliphatic hydroxyl groups excluding tert-OH is 1. The zero-order chi connectivity index (χ0) is 14.5. The standard InChI is InChI=1S/C12H17N2O6/c1-12(2)19-8-6(5-15)18-10(9(8)20-12)14-4-3-7(16)13-11(14)17/h6,8-10,15H,3-5H2,1-2H3/t6-,8-,9-,10-/m1/s1. The van der Waals surface area contributed by atoms with Gasteiger partial charge in [0.05, 0.1) is 6.61 Å². The lowest BCUT2D eigenvalue weighted by molar-refractivity contribution is -0.205. The third-order valence-electron chi connectivity index (χ3n) is 3.65. The van der Waals surface area contributed by atoms with Gasteiger partial charge in [0.15, 0.2) is 12.0 Å². The van der Waals surface area contributed by atoms with E-state index in [1.807, 2.05) is 0 Å². The molecule has 20 heavy (non-hydrogen) atoms. The van der Waals surface area contributed by atoms with E-state index in [2.05, 4.69) is 5.32 Å². The number of carbonyl (C=O) groups is 2. The normalized spacial score (nSPS) is 39.9. The molecule has 1 N–H and O–H groups in total. The first-order chi connectivity index (χ1) is 9.41. The molecule has 4 atom stereocenters. The molecule has 3 aliphatic rings. The number of carbonyl (C=O) groups excluding carboxylic acids is 2. The van der Waals surface area contributed by atoms with Crippen molar-refractivity contribution in [3.05, 3.63) is 0 Å². The average molecular weight is 285 g/mol. The van der Waals surface area contributed by atoms with Crippen molar-refractivity contribution in [2.75, 3.05) is 13.2 Å². The molecule has 3 rings (SSSR count). The van der Waals surface area contributed by atoms with E-state index in [1.165, 1.54) is 4.90 Å². The van der Waals surface area contributed by atoms with Crippen molar-refractivity contribution in [1.82, 2.24) is 10.2 Å². The van der Waals surface area contributed by atoms with Crippen LogP contribution < -0.4 is 5.32 Å². The monoisotopic (exact) mass is 285 g/mol. The molecule has 0 unspecified atom stereocenters. The molecule has 0 spiro atoms. The third kappa shape index (κ3) is 2.18. The molecule has 0 saturated carbocycles. The Morgan fingerprint density at radius 1 is 1.35 bits per heavy atom. The van der Waals surface area contributed by atoms with Gasteiger partial charge in [0.1, 0.15) is 18.3 Å². The van der Waals surface area contributed by atoms with Crippen LogP contribution in [0.4, 0.5) is 4.79 Å². The summed E-state index contributed by atoms with van der Waals surface area (Å²) in [6.07, 6.45) is -2.02. The molecule has 0 aromatic carbocycles. The van der Waals surface area contributed by atoms with Crippen molar-refractivity contribution in [2.45, 2.75) is 50.6 Å². The molecule has 0 aromatic heterocycles. The number of imide groups is 1. The molecule has 3 saturated heterocycles. The summed E-state index contributed by atoms with van der Waals surface area (Å²) in [5, 5.41) is 12.8. The van der Waals surface area contributed by atoms with E-state index >= 15 is 0 Å². The van der Waals surface area contributed by atoms with Gasteiger partial charge in [0.2, 0.25) is 0 Å². The summed E-state index contributed by atoms with van der Waals surface area (Å²) >= 11 is 0. The molecule has 0 bridgehead atoms. The topological polar surface area (TPSA) is 99.4 Å². The van der Waals surface area contributed by atoms with Crippen molar-refractivity contribution in [3.63, 3.8) is 0 Å². The lowest BCUT2D eigenvalue weighted by atomic mass is 10.1. The highest BCUT2D eigenvalue weighted by Crippen LogP contribution is 2.39. The maximum Gasteiger partial charge on any atom is 0.348 e. The number of amides is 3. The lowest BCUT2D eigenvalue weighted by Gasteiger charge is -2.33. The predicted octanol–water partition coefficient (Wildman–Crippen LogP) is -0.820. The zero-order valence-corrected chi connectivity index (χ0v) is 11.3. The maximum absolute atomic E-state index is 11.8. The first-order valence-corrected chi connectivity index (χ1v) is 6.58. The fraction of sp³-hybridized carbons (Fsp3) is 0.833. The third-order valence-corrected chi connectivity index (χ3v) is 3.65. The van der Waals surface area contributed by atoms with Crippen molar-refractivity contribution in [3.8, 4) is 0 Å². The van der Waals surface area contributed by atoms with Gasteiger partial charge in [-0.15, -0.1) is 0 Å². The Bertz CT molecular complexity index is 440. The van der Waals surface area contributed by atoms with Gasteiger partial charge in [-0.05, 0) is 13.8 Å². The molecule has 1 radical (unpaired) electrons. The predicted molar refractivity (Wildman–Crippen MR) is 63.4 cm³/mol. The summed E-state index contributed by atoms with van der Waals surface area (Å²) in [4.78, 5) is 24.3. The summed E-state index contributed by atoms with van der Waals surface area (Å²) in [6, 6.07) is -0.628. The van der Waals surface area contributed by atoms with Gasteiger partial charge in [-0.1, -0.05) is 0 Å². The second kappa shape index (κ2) is 4.66. The van der Waals surface area contributed by atoms with Crippen LogP contribution >= 0.6 is 0 Å². The Balaban J connectivity index is 1.80. The molecule has 3 aliphatic heterocycles. The summed E-state index contributed by atoms with van der Waals surface area (Å²) < 4.78 is 17.1. The van der Waals surface area contributed by atoms with Gasteiger partial charge in [-0.2, -0.15) is 5.32 Å². The smallest absolute Gasteiger partial charge is 0.348 e. The Morgan fingerprint density at radius 2 is 2.05 bits per heavy atom. The molecule has 111 valence electrons. The van der Waals surface area contributed by atoms with Crippen LogP contribution in [0.1, 0.15) is 20.3 Å². The van der Waals surface area contributed by atoms with Gasteiger partial charge in [0.25, 0.3) is 5.91 Å². The minimum atomic E-state index is -0.795. The molecule has 3 fully saturated rings. The summed E-state index contributed by atoms with van der Waals surface area (Å²) in [5.41, 5.74) is 0. The number of aliphatic hydroxyl groups is 1. The first-order valence-electron chi connectivity index (χ1n) is 6.58. The maximum atomic E-state index is 11.8. The second-order valence-corrected chi connectivity index (χ2v) is 5.54. The fourth-order valence-electron chi connectivity index (χ4n) is 2.83. The summed E-state index contributed by atoms with van der Waals surface area (Å²) in [6.45, 7) is 3.54. The van der Waals surface area contributed by atoms with Gasteiger partial charge in [-0.25, -0.2) is 4.79 Å². The SMILES string of the molecule is CC1(C)O[C@@H]2[C@H](O1)[C@@H](CO)O[C@H]2N1CCC(=O)[N]C1=O. The van der Waals surface area contributed by atoms with Crippen molar-refractivity contribution in [2.24, 2.45) is 0 Å². The van der Waals surface area contributed by atoms with Gasteiger partial charge in [0, 0.05) is 13.0 Å². The number of hydrogen-bond donors (Lipinski definition) is 1. The van der Waals surface area contributed by atoms with Crippen LogP contribution in [0.5, 0.6) is 0 Å². The van der Waals surface area contributed by atoms with E-state index in [0.29, 0.717) is 0 Å². The van der Waals surface area contributed by atoms with E-state index in [4.69, 9.17) is 14.2 Å². The second-order valence-electron chi connectivity index (χ2n) is 5.54. The molecule has 0 aliphatic carbocycles. The van der Waals surface area contributed by atoms with Crippen molar-refractivity contribution >= 4 is 11.9 Å². The number of nitrogens with zero attached hydrogens (tertiary/aromatic N) is 2. The Hall–Kier alpha value is -1.22. The van der Waals surface area contributed by atoms with Crippen LogP contribution in [0.3, 0.4) is 0 Å². The van der Waals surface area contributed by atoms with Gasteiger partial charge < -0.3 is 19.3 Å². The summed E-state index contributed by atoms with van der Waals surface area (Å²) in [5.74, 6) is -1.22. The number of fused-ring (bicyclic) bond motifs is 1. The molecular formula is C12H17N2O6. The Kier molecular flexibility index (Phi) is 3.20. The van der Waals surface area contributed by atoms with Gasteiger partial charge in [-0.3, -0.25) is 9.69 Å². The van der Waals surface area contributed by atoms with Crippen molar-refractivity contribution in [1.29, 1.82) is 0 Å². The van der Waals surface area contributed by atoms with Crippen LogP contribution in [0.25, 0.3) is 0 Å². The minimum Gasteiger partial charge on any atom is -0.394 e. The molecule has 3 amide bonds. The first kappa shape index (κ1) is 13.7. The highest BCUT2D eigenvalue weighted by Gasteiger charge is 2.57. The highest BCUT2D eigenvalue weighted by molar-refractivity contribution is 5.96. The van der Waals surface area contributed by atoms with Gasteiger partial charge >= 0.3 is 6.03 Å². The minimum absolute atomic E-state index is 0.164. The van der Waals surface area contributed by atoms with E-state index in [1.54, 1.807) is 13.8 Å². The Labute approximate surface area is 116 Å². The number of hydrogen-bond acceptors (Lipinski definition) is 6. The van der Waals surface area contributed by atoms with Crippen LogP contribution in [0.2, 0.25) is 0 Å². The molecule has 8 nitrogen and oxygen atoms in total. The number of urea groups is 1. The highest BCUT2D eigenvalue weighted by atomic mass is 16.8. The van der Waals surface area contributed by atoms with Crippen molar-refractivity contribution < 1.29 is 28.9 Å². The average Bonchev–Trinajstić information content (AvgIpc) is 2.83. The molecule has 0 aromatic rings. The van der Waals surface area contributed by atoms with E-state index < -0.39 is 42.3 Å². The lowest BCUT2D eigenvalue weighted by Crippen LogP contribution is -2.54. The van der Waals surface area contributed by atoms with Crippen LogP contribution in [0, 0.1) is 0 Å². The van der Waals surface area contributed by atoms with E-state index in [0.717, 1.165) is 0 Å². The van der Waals surface area contributed by atoms with E-state index in [-0.39, 0.29) is 19.6 Å². The van der Waals surface area contributed by atoms with Crippen LogP contribution in [-0.2, 0) is 19.0 Å². The van der Waals surface area contributed by atoms with Crippen LogP contribution in [-0.4, -0.2) is 65.4 Å². The zero-order valence-electron chi connectivity index (χ0n) is 11.3. The quantitative estimate of drug-likeness (QED) is 0.711. The largest absolute Gasteiger partial charge is 0.394 e.